The van der Waals surface area contributed by atoms with Crippen molar-refractivity contribution in [1.29, 1.82) is 0 Å². The molecule has 5 N–H and O–H groups in total. The van der Waals surface area contributed by atoms with Crippen LogP contribution >= 0.6 is 11.6 Å². The van der Waals surface area contributed by atoms with E-state index in [2.05, 4.69) is 14.8 Å². The summed E-state index contributed by atoms with van der Waals surface area (Å²) in [5, 5.41) is 3.41. The lowest BCUT2D eigenvalue weighted by molar-refractivity contribution is -0.141. The first-order chi connectivity index (χ1) is 20.0. The number of allylic oxidation sites excluding steroid dienone is 2. The summed E-state index contributed by atoms with van der Waals surface area (Å²) in [6.45, 7) is 0.470. The first-order valence-electron chi connectivity index (χ1n) is 14.7. The minimum atomic E-state index is -4.04. The zero-order valence-corrected chi connectivity index (χ0v) is 25.2. The molecule has 1 aromatic rings. The van der Waals surface area contributed by atoms with E-state index >= 15 is 0 Å². The number of amides is 4. The van der Waals surface area contributed by atoms with E-state index in [9.17, 15) is 27.6 Å². The van der Waals surface area contributed by atoms with E-state index in [0.717, 1.165) is 44.9 Å². The third-order valence-corrected chi connectivity index (χ3v) is 9.44. The minimum absolute atomic E-state index is 0.00175. The van der Waals surface area contributed by atoms with Crippen LogP contribution in [0, 0.1) is 17.8 Å². The second kappa shape index (κ2) is 14.4. The maximum Gasteiger partial charge on any atom is 0.323 e. The molecule has 1 aromatic carbocycles. The molecule has 4 atom stereocenters. The molecule has 2 saturated carbocycles. The van der Waals surface area contributed by atoms with E-state index in [4.69, 9.17) is 17.3 Å². The van der Waals surface area contributed by atoms with Gasteiger partial charge in [-0.3, -0.25) is 23.9 Å². The number of unbranched alkanes of at least 4 members (excludes halogenated alkanes) is 3. The van der Waals surface area contributed by atoms with E-state index in [1.807, 2.05) is 12.2 Å². The normalized spacial score (nSPS) is 22.8. The summed E-state index contributed by atoms with van der Waals surface area (Å²) >= 11 is 5.81. The van der Waals surface area contributed by atoms with Crippen molar-refractivity contribution in [2.45, 2.75) is 82.7 Å². The van der Waals surface area contributed by atoms with E-state index in [1.54, 1.807) is 12.1 Å². The lowest BCUT2D eigenvalue weighted by Gasteiger charge is -2.30. The minimum Gasteiger partial charge on any atom is -0.368 e. The number of hydrogen-bond acceptors (Lipinski definition) is 6. The highest BCUT2D eigenvalue weighted by Crippen LogP contribution is 2.40. The molecule has 2 aliphatic carbocycles. The number of rotatable bonds is 15. The lowest BCUT2D eigenvalue weighted by atomic mass is 9.84. The monoisotopic (exact) mass is 621 g/mol. The van der Waals surface area contributed by atoms with Crippen molar-refractivity contribution in [2.75, 3.05) is 11.3 Å². The molecule has 3 aliphatic rings. The number of nitrogens with zero attached hydrogens (tertiary/aromatic N) is 1. The summed E-state index contributed by atoms with van der Waals surface area (Å²) in [5.41, 5.74) is 5.80. The number of nitrogens with two attached hydrogens (primary N) is 1. The Morgan fingerprint density at radius 1 is 1.02 bits per heavy atom. The molecule has 4 rings (SSSR count). The highest BCUT2D eigenvalue weighted by Gasteiger charge is 2.42. The second-order valence-corrected chi connectivity index (χ2v) is 13.3. The number of carbonyl (C=O) groups excluding carboxylic acids is 4. The molecule has 11 nitrogen and oxygen atoms in total. The molecule has 1 heterocycles. The van der Waals surface area contributed by atoms with Crippen LogP contribution in [0.2, 0.25) is 5.02 Å². The number of benzene rings is 1. The van der Waals surface area contributed by atoms with Crippen molar-refractivity contribution >= 4 is 51.1 Å². The van der Waals surface area contributed by atoms with Crippen LogP contribution in [0.25, 0.3) is 0 Å². The first-order valence-corrected chi connectivity index (χ1v) is 16.6. The van der Waals surface area contributed by atoms with Gasteiger partial charge in [-0.05, 0) is 81.5 Å². The van der Waals surface area contributed by atoms with E-state index < -0.39 is 34.1 Å². The summed E-state index contributed by atoms with van der Waals surface area (Å²) < 4.78 is 28.9. The molecule has 13 heteroatoms. The number of primary amides is 1. The van der Waals surface area contributed by atoms with Gasteiger partial charge in [0.2, 0.25) is 23.6 Å². The van der Waals surface area contributed by atoms with Gasteiger partial charge in [0.25, 0.3) is 0 Å². The van der Waals surface area contributed by atoms with Gasteiger partial charge in [-0.25, -0.2) is 4.72 Å². The van der Waals surface area contributed by atoms with Crippen LogP contribution in [-0.4, -0.2) is 55.6 Å². The summed E-state index contributed by atoms with van der Waals surface area (Å²) in [5.74, 6) is -1.79. The third-order valence-electron chi connectivity index (χ3n) is 8.21. The summed E-state index contributed by atoms with van der Waals surface area (Å²) in [6.07, 6.45) is 12.2. The van der Waals surface area contributed by atoms with Gasteiger partial charge in [-0.15, -0.1) is 0 Å². The zero-order chi connectivity index (χ0) is 30.3. The largest absolute Gasteiger partial charge is 0.368 e. The molecule has 4 amide bonds. The second-order valence-electron chi connectivity index (χ2n) is 11.4. The maximum atomic E-state index is 13.3. The number of carbonyl (C=O) groups is 4. The van der Waals surface area contributed by atoms with E-state index in [-0.39, 0.29) is 29.6 Å². The number of halogens is 1. The standard InChI is InChI=1S/C29H40ClN5O6S/c30-21-13-15-22(16-14-21)33-42(40,41)34-28(38)23-18-20(23)8-4-2-1-3-5-11-24(32-27(37)19-9-6-10-19)29(39)35-17-7-12-25(35)26(31)36/h4,8,13-16,19-20,23-25,33H,1-3,5-7,9-12,17-18H2,(H2,31,36)(H,32,37)(H,34,38)/b8-4-/t20-,23+,24+,25+/m1/s1. The molecular weight excluding hydrogens is 582 g/mol. The Morgan fingerprint density at radius 3 is 2.43 bits per heavy atom. The van der Waals surface area contributed by atoms with Crippen molar-refractivity contribution < 1.29 is 27.6 Å². The Balaban J connectivity index is 1.16. The molecule has 0 unspecified atom stereocenters. The van der Waals surface area contributed by atoms with Crippen LogP contribution in [0.5, 0.6) is 0 Å². The average Bonchev–Trinajstić information content (AvgIpc) is 3.50. The molecule has 3 fully saturated rings. The van der Waals surface area contributed by atoms with Gasteiger partial charge in [-0.1, -0.05) is 43.0 Å². The smallest absolute Gasteiger partial charge is 0.323 e. The van der Waals surface area contributed by atoms with E-state index in [1.165, 1.54) is 17.0 Å². The van der Waals surface area contributed by atoms with Crippen molar-refractivity contribution in [1.82, 2.24) is 14.9 Å². The molecule has 1 saturated heterocycles. The Kier molecular flexibility index (Phi) is 10.9. The van der Waals surface area contributed by atoms with Crippen LogP contribution in [0.4, 0.5) is 5.69 Å². The molecular formula is C29H40ClN5O6S. The SMILES string of the molecule is NC(=O)[C@@H]1CCCN1C(=O)[C@H](CCCCC/C=C\[C@@H]1C[C@@H]1C(=O)NS(=O)(=O)Nc1ccc(Cl)cc1)NC(=O)C1CCC1. The summed E-state index contributed by atoms with van der Waals surface area (Å²) in [7, 11) is -4.04. The summed E-state index contributed by atoms with van der Waals surface area (Å²) in [4.78, 5) is 51.6. The molecule has 0 spiro atoms. The highest BCUT2D eigenvalue weighted by atomic mass is 35.5. The fourth-order valence-corrected chi connectivity index (χ4v) is 6.48. The van der Waals surface area contributed by atoms with Gasteiger partial charge in [0.05, 0.1) is 5.69 Å². The molecule has 42 heavy (non-hydrogen) atoms. The van der Waals surface area contributed by atoms with Gasteiger partial charge >= 0.3 is 10.2 Å². The predicted molar refractivity (Wildman–Crippen MR) is 159 cm³/mol. The fourth-order valence-electron chi connectivity index (χ4n) is 5.44. The number of nitrogens with one attached hydrogen (secondary N) is 3. The maximum absolute atomic E-state index is 13.3. The van der Waals surface area contributed by atoms with Gasteiger partial charge in [0, 0.05) is 23.4 Å². The highest BCUT2D eigenvalue weighted by molar-refractivity contribution is 7.91. The van der Waals surface area contributed by atoms with Gasteiger partial charge in [0.15, 0.2) is 0 Å². The van der Waals surface area contributed by atoms with Gasteiger partial charge < -0.3 is 16.0 Å². The number of likely N-dealkylation sites (tertiary alicyclic amines) is 1. The van der Waals surface area contributed by atoms with Crippen LogP contribution in [0.3, 0.4) is 0 Å². The Hall–Kier alpha value is -3.12. The summed E-state index contributed by atoms with van der Waals surface area (Å²) in [6, 6.07) is 4.83. The van der Waals surface area contributed by atoms with Crippen molar-refractivity contribution in [3.8, 4) is 0 Å². The topological polar surface area (TPSA) is 168 Å². The van der Waals surface area contributed by atoms with Gasteiger partial charge in [-0.2, -0.15) is 8.42 Å². The predicted octanol–water partition coefficient (Wildman–Crippen LogP) is 3.02. The Morgan fingerprint density at radius 2 is 1.76 bits per heavy atom. The van der Waals surface area contributed by atoms with Crippen molar-refractivity contribution in [3.63, 3.8) is 0 Å². The van der Waals surface area contributed by atoms with Crippen LogP contribution in [0.1, 0.15) is 70.6 Å². The van der Waals surface area contributed by atoms with Crippen LogP contribution in [-0.2, 0) is 29.4 Å². The molecule has 0 radical (unpaired) electrons. The lowest BCUT2D eigenvalue weighted by Crippen LogP contribution is -2.54. The Labute approximate surface area is 252 Å². The molecule has 1 aliphatic heterocycles. The molecule has 0 bridgehead atoms. The van der Waals surface area contributed by atoms with Crippen LogP contribution in [0.15, 0.2) is 36.4 Å². The zero-order valence-electron chi connectivity index (χ0n) is 23.6. The van der Waals surface area contributed by atoms with Gasteiger partial charge in [0.1, 0.15) is 12.1 Å². The Bertz CT molecular complexity index is 1280. The quantitative estimate of drug-likeness (QED) is 0.173. The third kappa shape index (κ3) is 8.94. The fraction of sp³-hybridized carbons (Fsp3) is 0.586. The van der Waals surface area contributed by atoms with E-state index in [0.29, 0.717) is 42.9 Å². The molecule has 230 valence electrons. The number of anilines is 1. The van der Waals surface area contributed by atoms with Crippen molar-refractivity contribution in [3.05, 3.63) is 41.4 Å². The number of hydrogen-bond donors (Lipinski definition) is 4. The molecule has 0 aromatic heterocycles. The average molecular weight is 622 g/mol. The first kappa shape index (κ1) is 31.8. The van der Waals surface area contributed by atoms with Crippen LogP contribution < -0.4 is 20.5 Å². The van der Waals surface area contributed by atoms with Crippen molar-refractivity contribution in [2.24, 2.45) is 23.5 Å².